The highest BCUT2D eigenvalue weighted by Crippen LogP contribution is 2.41. The number of rotatable bonds is 5. The fourth-order valence-electron chi connectivity index (χ4n) is 3.23. The molecule has 7 nitrogen and oxygen atoms in total. The van der Waals surface area contributed by atoms with Gasteiger partial charge in [-0.1, -0.05) is 6.92 Å². The van der Waals surface area contributed by atoms with Crippen LogP contribution in [0.2, 0.25) is 0 Å². The second kappa shape index (κ2) is 6.21. The number of hydrogen-bond acceptors (Lipinski definition) is 4. The zero-order valence-corrected chi connectivity index (χ0v) is 11.6. The van der Waals surface area contributed by atoms with Crippen LogP contribution in [0.5, 0.6) is 0 Å². The Kier molecular flexibility index (Phi) is 4.59. The molecule has 20 heavy (non-hydrogen) atoms. The number of carboxylic acids is 1. The van der Waals surface area contributed by atoms with Crippen molar-refractivity contribution in [2.24, 2.45) is 5.92 Å². The van der Waals surface area contributed by atoms with Crippen molar-refractivity contribution in [1.82, 2.24) is 15.5 Å². The molecule has 0 aliphatic carbocycles. The van der Waals surface area contributed by atoms with Crippen molar-refractivity contribution < 1.29 is 19.5 Å². The molecule has 7 heteroatoms. The van der Waals surface area contributed by atoms with Crippen molar-refractivity contribution in [3.63, 3.8) is 0 Å². The van der Waals surface area contributed by atoms with Crippen LogP contribution in [-0.4, -0.2) is 53.1 Å². The lowest BCUT2D eigenvalue weighted by Gasteiger charge is -2.21. The molecule has 3 atom stereocenters. The molecule has 2 aliphatic rings. The van der Waals surface area contributed by atoms with Crippen LogP contribution in [-0.2, 0) is 9.59 Å². The minimum Gasteiger partial charge on any atom is -0.481 e. The Hall–Kier alpha value is -1.63. The summed E-state index contributed by atoms with van der Waals surface area (Å²) in [5, 5.41) is 14.0. The fraction of sp³-hybridized carbons (Fsp3) is 0.769. The lowest BCUT2D eigenvalue weighted by molar-refractivity contribution is -0.143. The maximum absolute atomic E-state index is 11.8. The Balaban J connectivity index is 1.83. The molecular weight excluding hydrogens is 262 g/mol. The number of carbonyl (C=O) groups is 3. The van der Waals surface area contributed by atoms with E-state index in [1.165, 1.54) is 0 Å². The zero-order valence-electron chi connectivity index (χ0n) is 11.6. The number of nitrogens with one attached hydrogen (secondary N) is 2. The first-order valence-corrected chi connectivity index (χ1v) is 7.09. The Morgan fingerprint density at radius 2 is 2.05 bits per heavy atom. The van der Waals surface area contributed by atoms with E-state index < -0.39 is 12.0 Å². The molecule has 0 radical (unpaired) electrons. The zero-order chi connectivity index (χ0) is 14.7. The fourth-order valence-corrected chi connectivity index (χ4v) is 3.23. The average molecular weight is 283 g/mol. The van der Waals surface area contributed by atoms with E-state index in [4.69, 9.17) is 5.11 Å². The third-order valence-electron chi connectivity index (χ3n) is 4.11. The van der Waals surface area contributed by atoms with Crippen LogP contribution in [0.15, 0.2) is 0 Å². The first-order valence-electron chi connectivity index (χ1n) is 7.09. The van der Waals surface area contributed by atoms with Crippen molar-refractivity contribution in [1.29, 1.82) is 0 Å². The lowest BCUT2D eigenvalue weighted by atomic mass is 9.89. The van der Waals surface area contributed by atoms with Gasteiger partial charge in [-0.25, -0.2) is 4.79 Å². The molecule has 2 aliphatic heterocycles. The van der Waals surface area contributed by atoms with E-state index >= 15 is 0 Å². The van der Waals surface area contributed by atoms with Gasteiger partial charge in [-0.05, 0) is 25.7 Å². The maximum Gasteiger partial charge on any atom is 0.321 e. The first-order chi connectivity index (χ1) is 9.52. The van der Waals surface area contributed by atoms with Crippen LogP contribution in [0, 0.1) is 5.92 Å². The number of nitrogens with zero attached hydrogens (tertiary/aromatic N) is 1. The lowest BCUT2D eigenvalue weighted by Crippen LogP contribution is -2.46. The molecule has 2 fully saturated rings. The molecule has 2 saturated heterocycles. The molecule has 0 spiro atoms. The molecule has 0 aromatic rings. The summed E-state index contributed by atoms with van der Waals surface area (Å²) in [6, 6.07) is -0.398. The topological polar surface area (TPSA) is 98.7 Å². The van der Waals surface area contributed by atoms with Gasteiger partial charge in [0.1, 0.15) is 0 Å². The van der Waals surface area contributed by atoms with Crippen molar-refractivity contribution in [2.45, 2.75) is 44.7 Å². The van der Waals surface area contributed by atoms with E-state index in [0.717, 1.165) is 19.3 Å². The van der Waals surface area contributed by atoms with E-state index in [1.807, 2.05) is 11.8 Å². The van der Waals surface area contributed by atoms with E-state index in [0.29, 0.717) is 13.0 Å². The van der Waals surface area contributed by atoms with Crippen molar-refractivity contribution in [3.8, 4) is 0 Å². The van der Waals surface area contributed by atoms with Gasteiger partial charge < -0.3 is 10.4 Å². The minimum atomic E-state index is -0.789. The van der Waals surface area contributed by atoms with Gasteiger partial charge in [0.15, 0.2) is 0 Å². The quantitative estimate of drug-likeness (QED) is 0.667. The van der Waals surface area contributed by atoms with E-state index in [-0.39, 0.29) is 30.5 Å². The Bertz CT molecular complexity index is 412. The summed E-state index contributed by atoms with van der Waals surface area (Å²) in [7, 11) is 0. The third kappa shape index (κ3) is 3.09. The molecule has 2 heterocycles. The van der Waals surface area contributed by atoms with Crippen LogP contribution in [0.1, 0.15) is 32.6 Å². The van der Waals surface area contributed by atoms with Gasteiger partial charge in [-0.15, -0.1) is 0 Å². The maximum atomic E-state index is 11.8. The molecule has 112 valence electrons. The van der Waals surface area contributed by atoms with Gasteiger partial charge in [0.25, 0.3) is 0 Å². The van der Waals surface area contributed by atoms with Crippen molar-refractivity contribution >= 4 is 17.9 Å². The van der Waals surface area contributed by atoms with E-state index in [1.54, 1.807) is 0 Å². The molecule has 3 amide bonds. The molecule has 2 rings (SSSR count). The largest absolute Gasteiger partial charge is 0.481 e. The molecule has 0 saturated carbocycles. The molecule has 0 aromatic carbocycles. The second-order valence-corrected chi connectivity index (χ2v) is 5.46. The number of urea groups is 1. The number of hydrogen-bond donors (Lipinski definition) is 3. The highest BCUT2D eigenvalue weighted by molar-refractivity contribution is 5.95. The Labute approximate surface area is 117 Å². The van der Waals surface area contributed by atoms with Crippen LogP contribution in [0.25, 0.3) is 0 Å². The van der Waals surface area contributed by atoms with Gasteiger partial charge in [-0.3, -0.25) is 19.8 Å². The number of carboxylic acid groups (broad SMARTS) is 1. The molecule has 0 aromatic heterocycles. The summed E-state index contributed by atoms with van der Waals surface area (Å²) < 4.78 is 0. The predicted molar refractivity (Wildman–Crippen MR) is 71.1 cm³/mol. The van der Waals surface area contributed by atoms with Crippen LogP contribution < -0.4 is 10.6 Å². The van der Waals surface area contributed by atoms with Crippen LogP contribution in [0.4, 0.5) is 4.79 Å². The van der Waals surface area contributed by atoms with Crippen molar-refractivity contribution in [3.05, 3.63) is 0 Å². The second-order valence-electron chi connectivity index (χ2n) is 5.46. The summed E-state index contributed by atoms with van der Waals surface area (Å²) in [6.45, 7) is 2.55. The summed E-state index contributed by atoms with van der Waals surface area (Å²) in [6.07, 6.45) is 3.16. The van der Waals surface area contributed by atoms with Gasteiger partial charge in [0.2, 0.25) is 5.91 Å². The standard InChI is InChI=1S/C13H21N3O4/c1-2-5-14-13(20)15-11(17)7-16-8-3-4-10(16)9(6-8)12(18)19/h8-10H,2-7H2,1H3,(H,18,19)(H2,14,15,17,20). The normalized spacial score (nSPS) is 28.4. The summed E-state index contributed by atoms with van der Waals surface area (Å²) in [4.78, 5) is 36.2. The monoisotopic (exact) mass is 283 g/mol. The predicted octanol–water partition coefficient (Wildman–Crippen LogP) is 0.160. The molecule has 3 unspecified atom stereocenters. The summed E-state index contributed by atoms with van der Waals surface area (Å²) in [5.41, 5.74) is 0. The number of aliphatic carboxylic acids is 1. The van der Waals surface area contributed by atoms with Gasteiger partial charge in [0.05, 0.1) is 12.5 Å². The van der Waals surface area contributed by atoms with E-state index in [9.17, 15) is 14.4 Å². The molecule has 3 N–H and O–H groups in total. The molecule has 2 bridgehead atoms. The summed E-state index contributed by atoms with van der Waals surface area (Å²) in [5.74, 6) is -1.54. The van der Waals surface area contributed by atoms with Gasteiger partial charge in [0, 0.05) is 18.6 Å². The SMILES string of the molecule is CCCNC(=O)NC(=O)CN1C2CCC1C(C(=O)O)C2. The highest BCUT2D eigenvalue weighted by Gasteiger charge is 2.49. The van der Waals surface area contributed by atoms with Crippen molar-refractivity contribution in [2.75, 3.05) is 13.1 Å². The highest BCUT2D eigenvalue weighted by atomic mass is 16.4. The third-order valence-corrected chi connectivity index (χ3v) is 4.11. The van der Waals surface area contributed by atoms with E-state index in [2.05, 4.69) is 10.6 Å². The molecular formula is C13H21N3O4. The average Bonchev–Trinajstić information content (AvgIpc) is 2.93. The Morgan fingerprint density at radius 3 is 2.65 bits per heavy atom. The van der Waals surface area contributed by atoms with Crippen LogP contribution >= 0.6 is 0 Å². The Morgan fingerprint density at radius 1 is 1.30 bits per heavy atom. The van der Waals surface area contributed by atoms with Gasteiger partial charge >= 0.3 is 12.0 Å². The minimum absolute atomic E-state index is 0.0676. The van der Waals surface area contributed by atoms with Crippen LogP contribution in [0.3, 0.4) is 0 Å². The van der Waals surface area contributed by atoms with Gasteiger partial charge in [-0.2, -0.15) is 0 Å². The number of imide groups is 1. The smallest absolute Gasteiger partial charge is 0.321 e. The summed E-state index contributed by atoms with van der Waals surface area (Å²) >= 11 is 0. The number of carbonyl (C=O) groups excluding carboxylic acids is 2. The number of fused-ring (bicyclic) bond motifs is 2. The first kappa shape index (κ1) is 14.8. The number of amides is 3.